The molecule has 0 spiro atoms. The molecule has 0 bridgehead atoms. The maximum atomic E-state index is 11.9. The molecule has 2 aliphatic rings. The van der Waals surface area contributed by atoms with E-state index in [1.807, 2.05) is 0 Å². The second kappa shape index (κ2) is 4.52. The van der Waals surface area contributed by atoms with Crippen molar-refractivity contribution in [2.45, 2.75) is 51.6 Å². The molecule has 3 unspecified atom stereocenters. The summed E-state index contributed by atoms with van der Waals surface area (Å²) in [6.45, 7) is 5.21. The number of carbonyl (C=O) groups excluding carboxylic acids is 1. The lowest BCUT2D eigenvalue weighted by Crippen LogP contribution is -2.41. The molecule has 2 rings (SSSR count). The summed E-state index contributed by atoms with van der Waals surface area (Å²) in [5.41, 5.74) is 0. The van der Waals surface area contributed by atoms with Crippen molar-refractivity contribution in [1.29, 1.82) is 0 Å². The highest BCUT2D eigenvalue weighted by atomic mass is 16.2. The number of carbonyl (C=O) groups is 1. The molecule has 3 atom stereocenters. The van der Waals surface area contributed by atoms with Crippen LogP contribution in [0.1, 0.15) is 39.5 Å². The lowest BCUT2D eigenvalue weighted by molar-refractivity contribution is -0.125. The standard InChI is InChI=1S/C12H22N2O/c1-8(7-10-3-4-10)14-12(15)11-5-6-13-9(11)2/h8-11,13H,3-7H2,1-2H3,(H,14,15). The molecule has 1 saturated carbocycles. The van der Waals surface area contributed by atoms with Crippen LogP contribution < -0.4 is 10.6 Å². The molecular formula is C12H22N2O. The SMILES string of the molecule is CC(CC1CC1)NC(=O)C1CCNC1C. The van der Waals surface area contributed by atoms with Gasteiger partial charge in [0, 0.05) is 12.1 Å². The van der Waals surface area contributed by atoms with Crippen LogP contribution in [0.3, 0.4) is 0 Å². The second-order valence-electron chi connectivity index (χ2n) is 5.23. The summed E-state index contributed by atoms with van der Waals surface area (Å²) in [4.78, 5) is 11.9. The zero-order valence-corrected chi connectivity index (χ0v) is 9.75. The third-order valence-corrected chi connectivity index (χ3v) is 3.63. The van der Waals surface area contributed by atoms with Crippen LogP contribution in [0.2, 0.25) is 0 Å². The molecule has 2 N–H and O–H groups in total. The smallest absolute Gasteiger partial charge is 0.224 e. The Morgan fingerprint density at radius 2 is 2.20 bits per heavy atom. The summed E-state index contributed by atoms with van der Waals surface area (Å²) < 4.78 is 0. The fourth-order valence-electron chi connectivity index (χ4n) is 2.48. The van der Waals surface area contributed by atoms with Crippen molar-refractivity contribution in [3.05, 3.63) is 0 Å². The summed E-state index contributed by atoms with van der Waals surface area (Å²) in [7, 11) is 0. The van der Waals surface area contributed by atoms with Gasteiger partial charge in [0.15, 0.2) is 0 Å². The van der Waals surface area contributed by atoms with Crippen LogP contribution in [0.15, 0.2) is 0 Å². The Labute approximate surface area is 92.0 Å². The van der Waals surface area contributed by atoms with Crippen molar-refractivity contribution in [2.75, 3.05) is 6.54 Å². The molecule has 86 valence electrons. The van der Waals surface area contributed by atoms with E-state index in [0.717, 1.165) is 18.9 Å². The highest BCUT2D eigenvalue weighted by molar-refractivity contribution is 5.80. The predicted molar refractivity (Wildman–Crippen MR) is 60.5 cm³/mol. The molecule has 15 heavy (non-hydrogen) atoms. The molecule has 0 aromatic carbocycles. The Kier molecular flexibility index (Phi) is 3.29. The Bertz CT molecular complexity index is 238. The van der Waals surface area contributed by atoms with Gasteiger partial charge in [0.05, 0.1) is 5.92 Å². The summed E-state index contributed by atoms with van der Waals surface area (Å²) in [6.07, 6.45) is 4.88. The van der Waals surface area contributed by atoms with E-state index in [2.05, 4.69) is 24.5 Å². The Balaban J connectivity index is 1.74. The van der Waals surface area contributed by atoms with Gasteiger partial charge in [-0.2, -0.15) is 0 Å². The third-order valence-electron chi connectivity index (χ3n) is 3.63. The topological polar surface area (TPSA) is 41.1 Å². The van der Waals surface area contributed by atoms with Crippen LogP contribution in [-0.2, 0) is 4.79 Å². The van der Waals surface area contributed by atoms with E-state index in [0.29, 0.717) is 12.1 Å². The highest BCUT2D eigenvalue weighted by Crippen LogP contribution is 2.33. The van der Waals surface area contributed by atoms with Crippen LogP contribution in [0, 0.1) is 11.8 Å². The zero-order chi connectivity index (χ0) is 10.8. The van der Waals surface area contributed by atoms with Gasteiger partial charge in [0.1, 0.15) is 0 Å². The average Bonchev–Trinajstić information content (AvgIpc) is 2.85. The first-order valence-corrected chi connectivity index (χ1v) is 6.20. The molecule has 3 nitrogen and oxygen atoms in total. The summed E-state index contributed by atoms with van der Waals surface area (Å²) in [5.74, 6) is 1.33. The molecule has 2 fully saturated rings. The van der Waals surface area contributed by atoms with Gasteiger partial charge < -0.3 is 10.6 Å². The highest BCUT2D eigenvalue weighted by Gasteiger charge is 2.31. The fourth-order valence-corrected chi connectivity index (χ4v) is 2.48. The first kappa shape index (κ1) is 10.9. The van der Waals surface area contributed by atoms with Crippen molar-refractivity contribution in [1.82, 2.24) is 10.6 Å². The first-order chi connectivity index (χ1) is 7.16. The summed E-state index contributed by atoms with van der Waals surface area (Å²) in [6, 6.07) is 0.705. The van der Waals surface area contributed by atoms with Gasteiger partial charge in [-0.25, -0.2) is 0 Å². The van der Waals surface area contributed by atoms with E-state index >= 15 is 0 Å². The van der Waals surface area contributed by atoms with Gasteiger partial charge in [-0.1, -0.05) is 12.8 Å². The predicted octanol–water partition coefficient (Wildman–Crippen LogP) is 1.29. The van der Waals surface area contributed by atoms with Crippen molar-refractivity contribution in [2.24, 2.45) is 11.8 Å². The second-order valence-corrected chi connectivity index (χ2v) is 5.23. The van der Waals surface area contributed by atoms with E-state index in [-0.39, 0.29) is 11.8 Å². The molecule has 1 aliphatic carbocycles. The van der Waals surface area contributed by atoms with Crippen LogP contribution in [0.5, 0.6) is 0 Å². The Morgan fingerprint density at radius 3 is 2.73 bits per heavy atom. The fraction of sp³-hybridized carbons (Fsp3) is 0.917. The molecule has 0 aromatic heterocycles. The maximum absolute atomic E-state index is 11.9. The molecule has 1 heterocycles. The summed E-state index contributed by atoms with van der Waals surface area (Å²) >= 11 is 0. The van der Waals surface area contributed by atoms with Crippen molar-refractivity contribution in [3.63, 3.8) is 0 Å². The summed E-state index contributed by atoms with van der Waals surface area (Å²) in [5, 5.41) is 6.46. The quantitative estimate of drug-likeness (QED) is 0.734. The zero-order valence-electron chi connectivity index (χ0n) is 9.75. The number of amides is 1. The van der Waals surface area contributed by atoms with E-state index in [1.54, 1.807) is 0 Å². The first-order valence-electron chi connectivity index (χ1n) is 6.20. The Hall–Kier alpha value is -0.570. The van der Waals surface area contributed by atoms with Gasteiger partial charge >= 0.3 is 0 Å². The van der Waals surface area contributed by atoms with Gasteiger partial charge in [0.25, 0.3) is 0 Å². The lowest BCUT2D eigenvalue weighted by Gasteiger charge is -2.19. The van der Waals surface area contributed by atoms with Crippen molar-refractivity contribution >= 4 is 5.91 Å². The van der Waals surface area contributed by atoms with Crippen LogP contribution in [0.25, 0.3) is 0 Å². The maximum Gasteiger partial charge on any atom is 0.224 e. The lowest BCUT2D eigenvalue weighted by atomic mass is 10.0. The van der Waals surface area contributed by atoms with Crippen LogP contribution in [0.4, 0.5) is 0 Å². The number of hydrogen-bond donors (Lipinski definition) is 2. The van der Waals surface area contributed by atoms with Gasteiger partial charge in [-0.05, 0) is 39.2 Å². The van der Waals surface area contributed by atoms with Crippen LogP contribution in [-0.4, -0.2) is 24.5 Å². The number of nitrogens with one attached hydrogen (secondary N) is 2. The minimum absolute atomic E-state index is 0.187. The molecule has 3 heteroatoms. The van der Waals surface area contributed by atoms with E-state index < -0.39 is 0 Å². The number of hydrogen-bond acceptors (Lipinski definition) is 2. The molecule has 1 saturated heterocycles. The van der Waals surface area contributed by atoms with Crippen molar-refractivity contribution in [3.8, 4) is 0 Å². The number of rotatable bonds is 4. The molecule has 1 aliphatic heterocycles. The van der Waals surface area contributed by atoms with Crippen LogP contribution >= 0.6 is 0 Å². The van der Waals surface area contributed by atoms with Crippen molar-refractivity contribution < 1.29 is 4.79 Å². The monoisotopic (exact) mass is 210 g/mol. The molecule has 0 aromatic rings. The third kappa shape index (κ3) is 2.94. The van der Waals surface area contributed by atoms with E-state index in [4.69, 9.17) is 0 Å². The minimum atomic E-state index is 0.187. The normalized spacial score (nSPS) is 32.7. The van der Waals surface area contributed by atoms with Gasteiger partial charge in [-0.15, -0.1) is 0 Å². The van der Waals surface area contributed by atoms with E-state index in [1.165, 1.54) is 19.3 Å². The van der Waals surface area contributed by atoms with E-state index in [9.17, 15) is 4.79 Å². The largest absolute Gasteiger partial charge is 0.353 e. The molecule has 1 amide bonds. The molecule has 0 radical (unpaired) electrons. The molecular weight excluding hydrogens is 188 g/mol. The van der Waals surface area contributed by atoms with Gasteiger partial charge in [0.2, 0.25) is 5.91 Å². The minimum Gasteiger partial charge on any atom is -0.353 e. The Morgan fingerprint density at radius 1 is 1.47 bits per heavy atom. The van der Waals surface area contributed by atoms with Gasteiger partial charge in [-0.3, -0.25) is 4.79 Å². The average molecular weight is 210 g/mol.